The maximum absolute atomic E-state index is 11.8. The van der Waals surface area contributed by atoms with Gasteiger partial charge >= 0.3 is 5.97 Å². The van der Waals surface area contributed by atoms with Crippen LogP contribution >= 0.6 is 0 Å². The third kappa shape index (κ3) is 4.84. The van der Waals surface area contributed by atoms with Gasteiger partial charge in [-0.1, -0.05) is 0 Å². The number of aliphatic carboxylic acids is 1. The average Bonchev–Trinajstić information content (AvgIpc) is 2.33. The monoisotopic (exact) mass is 302 g/mol. The molecule has 1 aromatic rings. The number of carboxylic acid groups (broad SMARTS) is 1. The molecule has 1 amide bonds. The molecule has 0 spiro atoms. The predicted molar refractivity (Wildman–Crippen MR) is 69.1 cm³/mol. The van der Waals surface area contributed by atoms with Gasteiger partial charge in [0.25, 0.3) is 5.91 Å². The molecule has 1 heterocycles. The van der Waals surface area contributed by atoms with Crippen molar-refractivity contribution in [1.82, 2.24) is 10.3 Å². The smallest absolute Gasteiger partial charge is 0.326 e. The van der Waals surface area contributed by atoms with E-state index in [9.17, 15) is 23.1 Å². The number of hydrogen-bond acceptors (Lipinski definition) is 6. The number of carboxylic acids is 1. The molecule has 0 saturated carbocycles. The Balaban J connectivity index is 2.79. The molecule has 20 heavy (non-hydrogen) atoms. The van der Waals surface area contributed by atoms with E-state index in [1.807, 2.05) is 0 Å². The van der Waals surface area contributed by atoms with E-state index in [1.54, 1.807) is 0 Å². The molecule has 1 atom stereocenters. The maximum atomic E-state index is 11.8. The first-order valence-electron chi connectivity index (χ1n) is 5.56. The highest BCUT2D eigenvalue weighted by atomic mass is 32.2. The van der Waals surface area contributed by atoms with Gasteiger partial charge in [0.15, 0.2) is 5.69 Å². The third-order valence-electron chi connectivity index (χ3n) is 2.38. The molecule has 9 heteroatoms. The molecule has 1 unspecified atom stereocenters. The number of hydrogen-bond donors (Lipinski definition) is 3. The molecule has 0 aromatic carbocycles. The quantitative estimate of drug-likeness (QED) is 0.639. The van der Waals surface area contributed by atoms with Crippen LogP contribution in [0.2, 0.25) is 0 Å². The molecule has 0 aliphatic heterocycles. The Morgan fingerprint density at radius 3 is 2.60 bits per heavy atom. The van der Waals surface area contributed by atoms with E-state index >= 15 is 0 Å². The van der Waals surface area contributed by atoms with Gasteiger partial charge in [0.05, 0.1) is 5.75 Å². The summed E-state index contributed by atoms with van der Waals surface area (Å²) in [6.07, 6.45) is 1.97. The lowest BCUT2D eigenvalue weighted by Gasteiger charge is -2.13. The zero-order valence-electron chi connectivity index (χ0n) is 10.6. The van der Waals surface area contributed by atoms with E-state index in [1.165, 1.54) is 18.3 Å². The Bertz CT molecular complexity index is 613. The summed E-state index contributed by atoms with van der Waals surface area (Å²) in [4.78, 5) is 26.4. The van der Waals surface area contributed by atoms with Gasteiger partial charge in [-0.2, -0.15) is 0 Å². The molecule has 110 valence electrons. The van der Waals surface area contributed by atoms with Crippen LogP contribution in [0.1, 0.15) is 16.9 Å². The number of rotatable bonds is 6. The second-order valence-electron chi connectivity index (χ2n) is 4.15. The summed E-state index contributed by atoms with van der Waals surface area (Å²) < 4.78 is 22.0. The first kappa shape index (κ1) is 15.9. The second kappa shape index (κ2) is 6.33. The molecule has 0 radical (unpaired) electrons. The van der Waals surface area contributed by atoms with Crippen molar-refractivity contribution in [2.45, 2.75) is 12.5 Å². The standard InChI is InChI=1S/C11H14N2O6S/c1-20(18,19)6-4-7(11(16)17)13-10(15)9-8(14)3-2-5-12-9/h2-3,5,7,14H,4,6H2,1H3,(H,13,15)(H,16,17). The average molecular weight is 302 g/mol. The summed E-state index contributed by atoms with van der Waals surface area (Å²) in [6, 6.07) is 1.26. The van der Waals surface area contributed by atoms with Crippen LogP contribution in [0.15, 0.2) is 18.3 Å². The van der Waals surface area contributed by atoms with Crippen LogP contribution in [0.25, 0.3) is 0 Å². The number of aromatic nitrogens is 1. The maximum Gasteiger partial charge on any atom is 0.326 e. The minimum absolute atomic E-state index is 0.270. The van der Waals surface area contributed by atoms with Gasteiger partial charge in [0, 0.05) is 12.5 Å². The molecule has 8 nitrogen and oxygen atoms in total. The zero-order chi connectivity index (χ0) is 15.3. The van der Waals surface area contributed by atoms with Gasteiger partial charge in [-0.3, -0.25) is 4.79 Å². The molecule has 1 rings (SSSR count). The van der Waals surface area contributed by atoms with Crippen LogP contribution in [0.5, 0.6) is 5.75 Å². The number of sulfone groups is 1. The minimum Gasteiger partial charge on any atom is -0.505 e. The van der Waals surface area contributed by atoms with Crippen molar-refractivity contribution in [3.8, 4) is 5.75 Å². The molecule has 0 aliphatic rings. The van der Waals surface area contributed by atoms with Crippen LogP contribution in [0.3, 0.4) is 0 Å². The minimum atomic E-state index is -3.34. The van der Waals surface area contributed by atoms with Gasteiger partial charge in [-0.05, 0) is 18.6 Å². The summed E-state index contributed by atoms with van der Waals surface area (Å²) in [7, 11) is -3.34. The van der Waals surface area contributed by atoms with E-state index in [4.69, 9.17) is 5.11 Å². The fourth-order valence-electron chi connectivity index (χ4n) is 1.39. The van der Waals surface area contributed by atoms with Crippen LogP contribution in [-0.2, 0) is 14.6 Å². The topological polar surface area (TPSA) is 134 Å². The van der Waals surface area contributed by atoms with Gasteiger partial charge < -0.3 is 15.5 Å². The van der Waals surface area contributed by atoms with Crippen molar-refractivity contribution in [2.75, 3.05) is 12.0 Å². The lowest BCUT2D eigenvalue weighted by molar-refractivity contribution is -0.139. The fourth-order valence-corrected chi connectivity index (χ4v) is 2.05. The largest absolute Gasteiger partial charge is 0.505 e. The third-order valence-corrected chi connectivity index (χ3v) is 3.36. The van der Waals surface area contributed by atoms with Crippen LogP contribution < -0.4 is 5.32 Å². The van der Waals surface area contributed by atoms with Crippen LogP contribution in [0.4, 0.5) is 0 Å². The number of carbonyl (C=O) groups is 2. The van der Waals surface area contributed by atoms with Crippen molar-refractivity contribution >= 4 is 21.7 Å². The molecule has 0 aliphatic carbocycles. The molecule has 0 fully saturated rings. The van der Waals surface area contributed by atoms with Crippen LogP contribution in [-0.4, -0.2) is 53.5 Å². The second-order valence-corrected chi connectivity index (χ2v) is 6.41. The Morgan fingerprint density at radius 2 is 2.10 bits per heavy atom. The number of nitrogens with one attached hydrogen (secondary N) is 1. The number of nitrogens with zero attached hydrogens (tertiary/aromatic N) is 1. The van der Waals surface area contributed by atoms with E-state index in [0.29, 0.717) is 0 Å². The van der Waals surface area contributed by atoms with Gasteiger partial charge in [0.1, 0.15) is 21.6 Å². The number of carbonyl (C=O) groups excluding carboxylic acids is 1. The van der Waals surface area contributed by atoms with Crippen LogP contribution in [0, 0.1) is 0 Å². The highest BCUT2D eigenvalue weighted by Crippen LogP contribution is 2.12. The Kier molecular flexibility index (Phi) is 5.03. The Labute approximate surface area is 115 Å². The van der Waals surface area contributed by atoms with Crippen molar-refractivity contribution in [1.29, 1.82) is 0 Å². The normalized spacial score (nSPS) is 12.7. The van der Waals surface area contributed by atoms with Gasteiger partial charge in [-0.15, -0.1) is 0 Å². The first-order valence-corrected chi connectivity index (χ1v) is 7.62. The predicted octanol–water partition coefficient (Wildman–Crippen LogP) is -0.595. The summed E-state index contributed by atoms with van der Waals surface area (Å²) >= 11 is 0. The summed E-state index contributed by atoms with van der Waals surface area (Å²) in [6.45, 7) is 0. The molecular formula is C11H14N2O6S. The molecular weight excluding hydrogens is 288 g/mol. The van der Waals surface area contributed by atoms with Crippen molar-refractivity contribution in [3.63, 3.8) is 0 Å². The molecule has 0 saturated heterocycles. The van der Waals surface area contributed by atoms with E-state index in [0.717, 1.165) is 6.26 Å². The SMILES string of the molecule is CS(=O)(=O)CCC(NC(=O)c1ncccc1O)C(=O)O. The highest BCUT2D eigenvalue weighted by Gasteiger charge is 2.23. The van der Waals surface area contributed by atoms with Gasteiger partial charge in [0.2, 0.25) is 0 Å². The number of amides is 1. The molecule has 1 aromatic heterocycles. The van der Waals surface area contributed by atoms with Crippen molar-refractivity contribution in [3.05, 3.63) is 24.0 Å². The number of pyridine rings is 1. The summed E-state index contributed by atoms with van der Waals surface area (Å²) in [5, 5.41) is 20.5. The van der Waals surface area contributed by atoms with E-state index in [-0.39, 0.29) is 17.9 Å². The van der Waals surface area contributed by atoms with E-state index < -0.39 is 33.5 Å². The lowest BCUT2D eigenvalue weighted by atomic mass is 10.2. The summed E-state index contributed by atoms with van der Waals surface area (Å²) in [5.41, 5.74) is -0.321. The zero-order valence-corrected chi connectivity index (χ0v) is 11.4. The van der Waals surface area contributed by atoms with Crippen molar-refractivity contribution in [2.24, 2.45) is 0 Å². The van der Waals surface area contributed by atoms with Gasteiger partial charge in [-0.25, -0.2) is 18.2 Å². The Hall–Kier alpha value is -2.16. The first-order chi connectivity index (χ1) is 9.20. The lowest BCUT2D eigenvalue weighted by Crippen LogP contribution is -2.42. The highest BCUT2D eigenvalue weighted by molar-refractivity contribution is 7.90. The summed E-state index contributed by atoms with van der Waals surface area (Å²) in [5.74, 6) is -3.02. The van der Waals surface area contributed by atoms with E-state index in [2.05, 4.69) is 10.3 Å². The Morgan fingerprint density at radius 1 is 1.45 bits per heavy atom. The molecule has 3 N–H and O–H groups in total. The fraction of sp³-hybridized carbons (Fsp3) is 0.364. The molecule has 0 bridgehead atoms. The number of aromatic hydroxyl groups is 1. The van der Waals surface area contributed by atoms with Crippen molar-refractivity contribution < 1.29 is 28.2 Å².